The maximum Gasteiger partial charge on any atom is 0.144 e. The van der Waals surface area contributed by atoms with Crippen molar-refractivity contribution in [2.45, 2.75) is 19.3 Å². The molecule has 0 saturated carbocycles. The monoisotopic (exact) mass is 364 g/mol. The summed E-state index contributed by atoms with van der Waals surface area (Å²) in [5, 5.41) is 0. The van der Waals surface area contributed by atoms with E-state index in [1.54, 1.807) is 0 Å². The first-order chi connectivity index (χ1) is 12.7. The lowest BCUT2D eigenvalue weighted by atomic mass is 10.2. The van der Waals surface area contributed by atoms with Crippen LogP contribution in [-0.2, 0) is 9.47 Å². The van der Waals surface area contributed by atoms with Gasteiger partial charge in [0.1, 0.15) is 32.0 Å². The van der Waals surface area contributed by atoms with Crippen LogP contribution in [-0.4, -0.2) is 77.3 Å². The Bertz CT molecular complexity index is 561. The summed E-state index contributed by atoms with van der Waals surface area (Å²) in [6.07, 6.45) is 3.51. The molecular weight excluding hydrogens is 330 g/mol. The van der Waals surface area contributed by atoms with Gasteiger partial charge in [-0.15, -0.1) is 0 Å². The second kappa shape index (κ2) is 9.44. The van der Waals surface area contributed by atoms with E-state index in [0.29, 0.717) is 0 Å². The molecule has 0 amide bonds. The molecule has 0 aromatic heterocycles. The van der Waals surface area contributed by atoms with E-state index >= 15 is 0 Å². The number of anilines is 2. The summed E-state index contributed by atoms with van der Waals surface area (Å²) in [6.45, 7) is 9.55. The van der Waals surface area contributed by atoms with Gasteiger partial charge in [-0.05, 0) is 31.4 Å². The van der Waals surface area contributed by atoms with Gasteiger partial charge in [0.25, 0.3) is 0 Å². The molecule has 1 fully saturated rings. The van der Waals surface area contributed by atoms with Crippen LogP contribution in [0.25, 0.3) is 0 Å². The Kier molecular flexibility index (Phi) is 7.00. The molecule has 1 saturated heterocycles. The highest BCUT2D eigenvalue weighted by Gasteiger charge is 2.24. The van der Waals surface area contributed by atoms with Crippen molar-refractivity contribution in [1.29, 1.82) is 0 Å². The summed E-state index contributed by atoms with van der Waals surface area (Å²) in [6, 6.07) is 5.95. The highest BCUT2D eigenvalue weighted by Crippen LogP contribution is 2.33. The molecule has 2 heterocycles. The number of unbranched alkanes of at least 4 members (excludes halogenated alkanes) is 2. The fraction of sp³-hybridized carbons (Fsp3) is 0.700. The average molecular weight is 365 g/mol. The Balaban J connectivity index is 1.26. The van der Waals surface area contributed by atoms with E-state index in [9.17, 15) is 0 Å². The van der Waals surface area contributed by atoms with Crippen molar-refractivity contribution < 1.29 is 18.7 Å². The molecule has 1 aromatic carbocycles. The second-order valence-corrected chi connectivity index (χ2v) is 7.64. The molecule has 2 aliphatic rings. The number of hydrogen-bond acceptors (Lipinski definition) is 5. The zero-order valence-corrected chi connectivity index (χ0v) is 16.1. The summed E-state index contributed by atoms with van der Waals surface area (Å²) in [7, 11) is 2.31. The third-order valence-electron chi connectivity index (χ3n) is 5.49. The normalized spacial score (nSPS) is 19.0. The van der Waals surface area contributed by atoms with E-state index < -0.39 is 0 Å². The molecule has 3 rings (SSSR count). The Morgan fingerprint density at radius 2 is 1.96 bits per heavy atom. The Hall–Kier alpha value is -1.50. The molecule has 6 heteroatoms. The van der Waals surface area contributed by atoms with Gasteiger partial charge in [-0.3, -0.25) is 0 Å². The highest BCUT2D eigenvalue weighted by molar-refractivity contribution is 5.64. The van der Waals surface area contributed by atoms with E-state index in [4.69, 9.17) is 19.9 Å². The van der Waals surface area contributed by atoms with E-state index in [-0.39, 0.29) is 0 Å². The predicted molar refractivity (Wildman–Crippen MR) is 105 cm³/mol. The van der Waals surface area contributed by atoms with E-state index in [1.165, 1.54) is 18.5 Å². The maximum absolute atomic E-state index is 5.86. The highest BCUT2D eigenvalue weighted by atomic mass is 16.5. The quantitative estimate of drug-likeness (QED) is 0.413. The largest absolute Gasteiger partial charge is 0.489 e. The lowest BCUT2D eigenvalue weighted by Gasteiger charge is -2.37. The van der Waals surface area contributed by atoms with Crippen molar-refractivity contribution in [1.82, 2.24) is 0 Å². The first-order valence-corrected chi connectivity index (χ1v) is 9.93. The minimum atomic E-state index is 0.738. The molecule has 0 radical (unpaired) electrons. The van der Waals surface area contributed by atoms with Crippen LogP contribution >= 0.6 is 0 Å². The van der Waals surface area contributed by atoms with Gasteiger partial charge in [-0.25, -0.2) is 0 Å². The second-order valence-electron chi connectivity index (χ2n) is 7.64. The number of likely N-dealkylation sites (N-methyl/N-ethyl adjacent to an activating group) is 1. The van der Waals surface area contributed by atoms with Gasteiger partial charge in [0.15, 0.2) is 0 Å². The van der Waals surface area contributed by atoms with Crippen LogP contribution in [0.3, 0.4) is 0 Å². The van der Waals surface area contributed by atoms with Crippen LogP contribution in [0.1, 0.15) is 19.3 Å². The first kappa shape index (κ1) is 19.3. The Labute approximate surface area is 157 Å². The number of nitrogens with zero attached hydrogens (tertiary/aromatic N) is 2. The predicted octanol–water partition coefficient (Wildman–Crippen LogP) is 2.13. The number of nitrogen functional groups attached to an aromatic ring is 1. The van der Waals surface area contributed by atoms with Crippen LogP contribution in [0.2, 0.25) is 0 Å². The van der Waals surface area contributed by atoms with Crippen LogP contribution in [0.5, 0.6) is 5.75 Å². The van der Waals surface area contributed by atoms with Gasteiger partial charge in [0.2, 0.25) is 0 Å². The van der Waals surface area contributed by atoms with Crippen LogP contribution in [0, 0.1) is 0 Å². The number of fused-ring (bicyclic) bond motifs is 1. The van der Waals surface area contributed by atoms with Crippen molar-refractivity contribution in [2.24, 2.45) is 0 Å². The van der Waals surface area contributed by atoms with Crippen molar-refractivity contribution in [3.8, 4) is 5.75 Å². The zero-order chi connectivity index (χ0) is 18.2. The van der Waals surface area contributed by atoms with Crippen LogP contribution < -0.4 is 15.4 Å². The zero-order valence-electron chi connectivity index (χ0n) is 16.1. The SMILES string of the molecule is C[N+]1(CCOCCCCCN2CCOc3cc(N)ccc32)CCOCC1. The Morgan fingerprint density at radius 3 is 2.81 bits per heavy atom. The van der Waals surface area contributed by atoms with Crippen molar-refractivity contribution in [3.05, 3.63) is 18.2 Å². The molecule has 6 nitrogen and oxygen atoms in total. The van der Waals surface area contributed by atoms with E-state index in [1.807, 2.05) is 12.1 Å². The molecular formula is C20H34N3O3+. The van der Waals surface area contributed by atoms with Crippen molar-refractivity contribution >= 4 is 11.4 Å². The van der Waals surface area contributed by atoms with Crippen LogP contribution in [0.4, 0.5) is 11.4 Å². The number of ether oxygens (including phenoxy) is 3. The third kappa shape index (κ3) is 5.50. The molecule has 2 N–H and O–H groups in total. The number of benzene rings is 1. The summed E-state index contributed by atoms with van der Waals surface area (Å²) in [5.41, 5.74) is 7.77. The fourth-order valence-corrected chi connectivity index (χ4v) is 3.60. The van der Waals surface area contributed by atoms with Gasteiger partial charge >= 0.3 is 0 Å². The topological polar surface area (TPSA) is 57.0 Å². The summed E-state index contributed by atoms with van der Waals surface area (Å²) < 4.78 is 18.1. The summed E-state index contributed by atoms with van der Waals surface area (Å²) >= 11 is 0. The Morgan fingerprint density at radius 1 is 1.12 bits per heavy atom. The van der Waals surface area contributed by atoms with E-state index in [0.717, 1.165) is 88.1 Å². The molecule has 26 heavy (non-hydrogen) atoms. The number of nitrogens with two attached hydrogens (primary N) is 1. The molecule has 2 aliphatic heterocycles. The van der Waals surface area contributed by atoms with Gasteiger partial charge in [-0.2, -0.15) is 0 Å². The van der Waals surface area contributed by atoms with Crippen molar-refractivity contribution in [2.75, 3.05) is 83.4 Å². The number of quaternary nitrogens is 1. The van der Waals surface area contributed by atoms with Gasteiger partial charge in [0, 0.05) is 24.9 Å². The average Bonchev–Trinajstić information content (AvgIpc) is 2.64. The summed E-state index contributed by atoms with van der Waals surface area (Å²) in [4.78, 5) is 2.41. The summed E-state index contributed by atoms with van der Waals surface area (Å²) in [5.74, 6) is 0.916. The minimum Gasteiger partial charge on any atom is -0.489 e. The number of hydrogen-bond donors (Lipinski definition) is 1. The maximum atomic E-state index is 5.86. The minimum absolute atomic E-state index is 0.738. The standard InChI is InChI=1S/C20H34N3O3/c1-23(10-15-25-16-11-23)9-14-24-12-4-2-3-7-22-8-13-26-20-17-18(21)5-6-19(20)22/h5-6,17H,2-4,7-16,21H2,1H3/q+1. The molecule has 0 bridgehead atoms. The molecule has 0 atom stereocenters. The first-order valence-electron chi connectivity index (χ1n) is 9.93. The number of morpholine rings is 1. The molecule has 146 valence electrons. The van der Waals surface area contributed by atoms with Gasteiger partial charge in [-0.1, -0.05) is 0 Å². The van der Waals surface area contributed by atoms with Gasteiger partial charge in [0.05, 0.1) is 39.1 Å². The molecule has 0 aliphatic carbocycles. The lowest BCUT2D eigenvalue weighted by Crippen LogP contribution is -2.53. The third-order valence-corrected chi connectivity index (χ3v) is 5.49. The molecule has 1 aromatic rings. The van der Waals surface area contributed by atoms with E-state index in [2.05, 4.69) is 18.0 Å². The number of rotatable bonds is 9. The fourth-order valence-electron chi connectivity index (χ4n) is 3.60. The molecule has 0 spiro atoms. The molecule has 0 unspecified atom stereocenters. The lowest BCUT2D eigenvalue weighted by molar-refractivity contribution is -0.917. The van der Waals surface area contributed by atoms with Crippen molar-refractivity contribution in [3.63, 3.8) is 0 Å². The van der Waals surface area contributed by atoms with Gasteiger partial charge < -0.3 is 29.3 Å². The van der Waals surface area contributed by atoms with Crippen LogP contribution in [0.15, 0.2) is 18.2 Å². The smallest absolute Gasteiger partial charge is 0.144 e.